The smallest absolute Gasteiger partial charge is 0.254 e. The first-order valence-electron chi connectivity index (χ1n) is 7.42. The van der Waals surface area contributed by atoms with Crippen molar-refractivity contribution in [2.45, 2.75) is 31.2 Å². The van der Waals surface area contributed by atoms with E-state index in [4.69, 9.17) is 34.8 Å². The standard InChI is InChI=1S/C17H15Cl3N2O/c18-10-6-7-11(14(19)9-10)12-3-1-5-15(12)22-17(23)13-4-2-8-21-16(13)20/h2,4,6-9,12,15H,1,3,5H2,(H,22,23)/t12-,15+/m1/s1. The molecule has 0 radical (unpaired) electrons. The highest BCUT2D eigenvalue weighted by Crippen LogP contribution is 2.39. The van der Waals surface area contributed by atoms with Crippen LogP contribution in [0.5, 0.6) is 0 Å². The summed E-state index contributed by atoms with van der Waals surface area (Å²) in [6, 6.07) is 8.91. The van der Waals surface area contributed by atoms with Gasteiger partial charge in [-0.15, -0.1) is 0 Å². The predicted octanol–water partition coefficient (Wildman–Crippen LogP) is 5.11. The molecule has 1 aliphatic rings. The van der Waals surface area contributed by atoms with Crippen LogP contribution in [0.2, 0.25) is 15.2 Å². The van der Waals surface area contributed by atoms with Gasteiger partial charge in [-0.2, -0.15) is 0 Å². The quantitative estimate of drug-likeness (QED) is 0.764. The Hall–Kier alpha value is -1.29. The van der Waals surface area contributed by atoms with Crippen LogP contribution in [0.25, 0.3) is 0 Å². The summed E-state index contributed by atoms with van der Waals surface area (Å²) in [5, 5.41) is 4.54. The van der Waals surface area contributed by atoms with E-state index >= 15 is 0 Å². The number of nitrogens with one attached hydrogen (secondary N) is 1. The van der Waals surface area contributed by atoms with E-state index in [0.29, 0.717) is 15.6 Å². The van der Waals surface area contributed by atoms with E-state index in [1.807, 2.05) is 12.1 Å². The van der Waals surface area contributed by atoms with Crippen molar-refractivity contribution in [1.29, 1.82) is 0 Å². The SMILES string of the molecule is O=C(N[C@H]1CCC[C@@H]1c1ccc(Cl)cc1Cl)c1cccnc1Cl. The lowest BCUT2D eigenvalue weighted by Crippen LogP contribution is -2.36. The molecule has 3 rings (SSSR count). The lowest BCUT2D eigenvalue weighted by Gasteiger charge is -2.22. The highest BCUT2D eigenvalue weighted by Gasteiger charge is 2.31. The van der Waals surface area contributed by atoms with Gasteiger partial charge in [-0.1, -0.05) is 47.3 Å². The van der Waals surface area contributed by atoms with Crippen molar-refractivity contribution in [1.82, 2.24) is 10.3 Å². The third kappa shape index (κ3) is 3.63. The highest BCUT2D eigenvalue weighted by molar-refractivity contribution is 6.35. The number of carbonyl (C=O) groups excluding carboxylic acids is 1. The summed E-state index contributed by atoms with van der Waals surface area (Å²) in [5.74, 6) is -0.0238. The molecule has 3 nitrogen and oxygen atoms in total. The minimum Gasteiger partial charge on any atom is -0.349 e. The third-order valence-electron chi connectivity index (χ3n) is 4.20. The molecule has 0 saturated heterocycles. The molecule has 1 heterocycles. The van der Waals surface area contributed by atoms with Gasteiger partial charge in [0.15, 0.2) is 0 Å². The van der Waals surface area contributed by atoms with Gasteiger partial charge in [-0.3, -0.25) is 4.79 Å². The minimum absolute atomic E-state index is 0.0254. The van der Waals surface area contributed by atoms with Gasteiger partial charge in [-0.25, -0.2) is 4.98 Å². The first-order chi connectivity index (χ1) is 11.1. The predicted molar refractivity (Wildman–Crippen MR) is 93.6 cm³/mol. The molecule has 1 saturated carbocycles. The van der Waals surface area contributed by atoms with E-state index in [1.165, 1.54) is 0 Å². The molecule has 0 unspecified atom stereocenters. The lowest BCUT2D eigenvalue weighted by atomic mass is 9.93. The Morgan fingerprint density at radius 1 is 1.17 bits per heavy atom. The van der Waals surface area contributed by atoms with Gasteiger partial charge >= 0.3 is 0 Å². The Kier molecular flexibility index (Phi) is 5.10. The Labute approximate surface area is 150 Å². The summed E-state index contributed by atoms with van der Waals surface area (Å²) in [4.78, 5) is 16.4. The van der Waals surface area contributed by atoms with Crippen LogP contribution in [0.15, 0.2) is 36.5 Å². The number of amides is 1. The van der Waals surface area contributed by atoms with Gasteiger partial charge in [-0.05, 0) is 42.7 Å². The summed E-state index contributed by atoms with van der Waals surface area (Å²) >= 11 is 18.3. The fraction of sp³-hybridized carbons (Fsp3) is 0.294. The number of hydrogen-bond acceptors (Lipinski definition) is 2. The van der Waals surface area contributed by atoms with Gasteiger partial charge in [0.25, 0.3) is 5.91 Å². The first kappa shape index (κ1) is 16.6. The second-order valence-corrected chi connectivity index (χ2v) is 6.83. The average molecular weight is 370 g/mol. The Balaban J connectivity index is 1.79. The molecule has 0 aliphatic heterocycles. The molecule has 23 heavy (non-hydrogen) atoms. The van der Waals surface area contributed by atoms with Crippen molar-refractivity contribution >= 4 is 40.7 Å². The molecule has 1 amide bonds. The van der Waals surface area contributed by atoms with Gasteiger partial charge < -0.3 is 5.32 Å². The molecule has 2 aromatic rings. The minimum atomic E-state index is -0.204. The van der Waals surface area contributed by atoms with Crippen LogP contribution in [0.3, 0.4) is 0 Å². The number of hydrogen-bond donors (Lipinski definition) is 1. The number of pyridine rings is 1. The molecule has 2 atom stereocenters. The van der Waals surface area contributed by atoms with E-state index in [0.717, 1.165) is 24.8 Å². The molecule has 6 heteroatoms. The second-order valence-electron chi connectivity index (χ2n) is 5.62. The summed E-state index contributed by atoms with van der Waals surface area (Å²) in [6.45, 7) is 0. The van der Waals surface area contributed by atoms with Crippen molar-refractivity contribution in [3.05, 3.63) is 62.9 Å². The largest absolute Gasteiger partial charge is 0.349 e. The number of nitrogens with zero attached hydrogens (tertiary/aromatic N) is 1. The lowest BCUT2D eigenvalue weighted by molar-refractivity contribution is 0.0934. The molecule has 1 aliphatic carbocycles. The normalized spacial score (nSPS) is 20.5. The number of carbonyl (C=O) groups is 1. The molecule has 120 valence electrons. The van der Waals surface area contributed by atoms with Crippen LogP contribution in [0.4, 0.5) is 0 Å². The van der Waals surface area contributed by atoms with Crippen molar-refractivity contribution in [2.75, 3.05) is 0 Å². The highest BCUT2D eigenvalue weighted by atomic mass is 35.5. The summed E-state index contributed by atoms with van der Waals surface area (Å²) < 4.78 is 0. The maximum Gasteiger partial charge on any atom is 0.254 e. The molecular formula is C17H15Cl3N2O. The summed E-state index contributed by atoms with van der Waals surface area (Å²) in [7, 11) is 0. The molecule has 1 fully saturated rings. The number of aromatic nitrogens is 1. The molecule has 1 aromatic carbocycles. The van der Waals surface area contributed by atoms with E-state index in [-0.39, 0.29) is 23.0 Å². The van der Waals surface area contributed by atoms with E-state index in [2.05, 4.69) is 10.3 Å². The van der Waals surface area contributed by atoms with Gasteiger partial charge in [0.1, 0.15) is 5.15 Å². The maximum atomic E-state index is 12.4. The van der Waals surface area contributed by atoms with Crippen molar-refractivity contribution in [2.24, 2.45) is 0 Å². The molecular weight excluding hydrogens is 355 g/mol. The number of halogens is 3. The summed E-state index contributed by atoms with van der Waals surface area (Å²) in [5.41, 5.74) is 1.41. The number of benzene rings is 1. The van der Waals surface area contributed by atoms with Crippen molar-refractivity contribution in [3.8, 4) is 0 Å². The Morgan fingerprint density at radius 3 is 2.74 bits per heavy atom. The van der Waals surface area contributed by atoms with Crippen LogP contribution < -0.4 is 5.32 Å². The first-order valence-corrected chi connectivity index (χ1v) is 8.56. The van der Waals surface area contributed by atoms with Crippen LogP contribution >= 0.6 is 34.8 Å². The van der Waals surface area contributed by atoms with Gasteiger partial charge in [0, 0.05) is 28.2 Å². The fourth-order valence-corrected chi connectivity index (χ4v) is 3.86. The van der Waals surface area contributed by atoms with Gasteiger partial charge in [0.2, 0.25) is 0 Å². The molecule has 1 N–H and O–H groups in total. The van der Waals surface area contributed by atoms with Gasteiger partial charge in [0.05, 0.1) is 5.56 Å². The Bertz CT molecular complexity index is 736. The van der Waals surface area contributed by atoms with E-state index in [9.17, 15) is 4.79 Å². The van der Waals surface area contributed by atoms with Crippen LogP contribution in [-0.2, 0) is 0 Å². The average Bonchev–Trinajstić information content (AvgIpc) is 2.95. The van der Waals surface area contributed by atoms with Crippen molar-refractivity contribution < 1.29 is 4.79 Å². The van der Waals surface area contributed by atoms with E-state index < -0.39 is 0 Å². The fourth-order valence-electron chi connectivity index (χ4n) is 3.11. The topological polar surface area (TPSA) is 42.0 Å². The summed E-state index contributed by atoms with van der Waals surface area (Å²) in [6.07, 6.45) is 4.49. The zero-order valence-corrected chi connectivity index (χ0v) is 14.5. The van der Waals surface area contributed by atoms with Crippen LogP contribution in [-0.4, -0.2) is 16.9 Å². The molecule has 1 aromatic heterocycles. The number of rotatable bonds is 3. The third-order valence-corrected chi connectivity index (χ3v) is 5.06. The van der Waals surface area contributed by atoms with Crippen LogP contribution in [0, 0.1) is 0 Å². The van der Waals surface area contributed by atoms with Crippen molar-refractivity contribution in [3.63, 3.8) is 0 Å². The molecule has 0 spiro atoms. The van der Waals surface area contributed by atoms with Crippen LogP contribution in [0.1, 0.15) is 41.1 Å². The Morgan fingerprint density at radius 2 is 2.00 bits per heavy atom. The van der Waals surface area contributed by atoms with E-state index in [1.54, 1.807) is 24.4 Å². The zero-order valence-electron chi connectivity index (χ0n) is 12.2. The monoisotopic (exact) mass is 368 g/mol. The second kappa shape index (κ2) is 7.08. The zero-order chi connectivity index (χ0) is 16.4. The molecule has 0 bridgehead atoms. The maximum absolute atomic E-state index is 12.4.